The molecule has 0 unspecified atom stereocenters. The molecule has 10 aromatic rings. The second-order valence-electron chi connectivity index (χ2n) is 23.7. The molecule has 0 amide bonds. The number of aromatic nitrogens is 6. The van der Waals surface area contributed by atoms with Crippen molar-refractivity contribution in [1.82, 2.24) is 30.0 Å². The molecule has 2 heterocycles. The maximum Gasteiger partial charge on any atom is 0.235 e. The molecule has 583 valence electrons. The van der Waals surface area contributed by atoms with Crippen LogP contribution in [-0.2, 0) is 57.9 Å². The van der Waals surface area contributed by atoms with Gasteiger partial charge < -0.3 is 37.9 Å². The number of terminal acetylenes is 2. The Balaban J connectivity index is 0.000000300. The molecule has 0 N–H and O–H groups in total. The smallest absolute Gasteiger partial charge is 0.235 e. The quantitative estimate of drug-likeness (QED) is 0.00398. The minimum absolute atomic E-state index is 0. The molecule has 0 spiro atoms. The van der Waals surface area contributed by atoms with Crippen molar-refractivity contribution in [3.05, 3.63) is 284 Å². The molecule has 0 aliphatic carbocycles. The number of hydrogen-bond acceptors (Lipinski definition) is 18. The Labute approximate surface area is 694 Å². The van der Waals surface area contributed by atoms with Gasteiger partial charge in [0, 0.05) is 93.1 Å². The molecule has 0 fully saturated rings. The second-order valence-corrected chi connectivity index (χ2v) is 33.3. The number of hydrogen-bond donors (Lipinski definition) is 0. The molecule has 0 bridgehead atoms. The average Bonchev–Trinajstić information content (AvgIpc) is 0.937. The van der Waals surface area contributed by atoms with E-state index in [1.54, 1.807) is 105 Å². The van der Waals surface area contributed by atoms with E-state index in [4.69, 9.17) is 61.8 Å². The van der Waals surface area contributed by atoms with Crippen LogP contribution in [0.5, 0.6) is 46.0 Å². The first-order valence-corrected chi connectivity index (χ1v) is 42.8. The second kappa shape index (κ2) is 58.3. The predicted molar refractivity (Wildman–Crippen MR) is 450 cm³/mol. The fourth-order valence-electron chi connectivity index (χ4n) is 9.51. The Morgan fingerprint density at radius 1 is 0.438 bits per heavy atom. The van der Waals surface area contributed by atoms with Crippen molar-refractivity contribution in [3.8, 4) is 70.7 Å². The summed E-state index contributed by atoms with van der Waals surface area (Å²) in [5.74, 6) is 9.45. The van der Waals surface area contributed by atoms with Crippen LogP contribution in [0.3, 0.4) is 0 Å². The third-order valence-corrected chi connectivity index (χ3v) is 15.5. The van der Waals surface area contributed by atoms with E-state index in [2.05, 4.69) is 128 Å². The Morgan fingerprint density at radius 3 is 1.04 bits per heavy atom. The van der Waals surface area contributed by atoms with Gasteiger partial charge in [-0.05, 0) is 258 Å². The molecule has 0 aliphatic rings. The summed E-state index contributed by atoms with van der Waals surface area (Å²) in [4.78, 5) is 50.7. The fraction of sp³-hybridized carbons (Fsp3) is 0.286. The summed E-state index contributed by atoms with van der Waals surface area (Å²) in [6.07, 6.45) is 25.8. The molecule has 0 saturated heterocycles. The molecule has 8 aromatic carbocycles. The van der Waals surface area contributed by atoms with E-state index >= 15 is 0 Å². The number of Topliss-reactive ketones (excluding diaryl/α,β-unsaturated/α-hetero) is 4. The number of azide groups is 2. The van der Waals surface area contributed by atoms with Crippen LogP contribution in [0.1, 0.15) is 136 Å². The summed E-state index contributed by atoms with van der Waals surface area (Å²) in [6.45, 7) is 11.8. The number of halogens is 2. The molecular formula is C84H91I2N12O12PV. The van der Waals surface area contributed by atoms with Crippen LogP contribution in [0.2, 0.25) is 0 Å². The van der Waals surface area contributed by atoms with Gasteiger partial charge in [-0.25, -0.2) is 0 Å². The van der Waals surface area contributed by atoms with Crippen LogP contribution < -0.4 is 37.9 Å². The first kappa shape index (κ1) is 93.7. The standard InChI is InChI=1S/C26H18O4.C18H24N6O2.C17H18O2.C14H20N6O2.C9H10O2.HI2P.V/c1-3-25(27)21-7-5-9-23(15-21)29-17-19-11-13-20(14-12-19)18-30-24-10-6-8-22(16-24)26(28)4-2;1(11-23-13-9-19-21-23)3-15-25-17-5-7-18(8-6-17)26-16-4-2-12-24-14-10-20-22-24;1-3-14-7-9-15(10-8-14)12-19-17-6-4-5-16(11-17)13(2)18;15-19-17-9-1-3-11-21-13-5-7-14(8-6-13)22-12-4-2-10-18-20-16;1-7(10)8-4-3-5-9(6-8)11-2;1-3-2;/h1-2,5-16H,17-18H2;5-10,13-14H,1-4,11-12,15-16H2;4-11H,3,12H2,1-2H3;5-8H,1-4,9-12H2;3-6H,1-2H3;3H;. The maximum atomic E-state index is 11.6. The van der Waals surface area contributed by atoms with Gasteiger partial charge in [-0.2, -0.15) is 0 Å². The molecule has 2 aromatic heterocycles. The summed E-state index contributed by atoms with van der Waals surface area (Å²) >= 11 is 4.61. The summed E-state index contributed by atoms with van der Waals surface area (Å²) in [5, 5.41) is 22.4. The molecule has 0 aliphatic heterocycles. The number of methoxy groups -OCH3 is 1. The monoisotopic (exact) mass is 1800 g/mol. The van der Waals surface area contributed by atoms with E-state index in [0.717, 1.165) is 126 Å². The fourth-order valence-corrected chi connectivity index (χ4v) is 9.51. The number of carbonyl (C=O) groups is 4. The molecule has 0 atom stereocenters. The number of ketones is 4. The summed E-state index contributed by atoms with van der Waals surface area (Å²) < 4.78 is 49.5. The van der Waals surface area contributed by atoms with Crippen LogP contribution in [0.25, 0.3) is 20.9 Å². The Hall–Kier alpha value is -10.7. The molecule has 1 radical (unpaired) electrons. The molecule has 0 saturated carbocycles. The Morgan fingerprint density at radius 2 is 0.741 bits per heavy atom. The minimum Gasteiger partial charge on any atom is -0.497 e. The van der Waals surface area contributed by atoms with Crippen molar-refractivity contribution in [3.63, 3.8) is 0 Å². The molecular weight excluding hydrogens is 1700 g/mol. The van der Waals surface area contributed by atoms with Crippen molar-refractivity contribution in [1.29, 1.82) is 0 Å². The van der Waals surface area contributed by atoms with Gasteiger partial charge in [-0.15, -0.1) is 23.0 Å². The van der Waals surface area contributed by atoms with Gasteiger partial charge in [0.1, 0.15) is 65.8 Å². The van der Waals surface area contributed by atoms with Crippen LogP contribution in [-0.4, -0.2) is 99.7 Å². The number of ether oxygens (including phenoxy) is 8. The molecule has 28 heteroatoms. The van der Waals surface area contributed by atoms with Crippen LogP contribution >= 0.6 is 47.9 Å². The van der Waals surface area contributed by atoms with E-state index in [1.807, 2.05) is 113 Å². The van der Waals surface area contributed by atoms with E-state index in [9.17, 15) is 19.2 Å². The van der Waals surface area contributed by atoms with Gasteiger partial charge in [0.05, 0.1) is 45.9 Å². The third kappa shape index (κ3) is 40.3. The summed E-state index contributed by atoms with van der Waals surface area (Å²) in [5.41, 5.74) is 22.9. The van der Waals surface area contributed by atoms with E-state index in [-0.39, 0.29) is 41.7 Å². The summed E-state index contributed by atoms with van der Waals surface area (Å²) in [6, 6.07) is 59.3. The zero-order valence-electron chi connectivity index (χ0n) is 63.1. The third-order valence-electron chi connectivity index (χ3n) is 15.5. The van der Waals surface area contributed by atoms with E-state index < -0.39 is 0 Å². The number of benzene rings is 8. The molecule has 112 heavy (non-hydrogen) atoms. The van der Waals surface area contributed by atoms with Crippen LogP contribution in [0, 0.1) is 24.7 Å². The van der Waals surface area contributed by atoms with Crippen molar-refractivity contribution in [2.24, 2.45) is 10.2 Å². The topological polar surface area (TPSA) is 301 Å². The van der Waals surface area contributed by atoms with Crippen LogP contribution in [0.4, 0.5) is 0 Å². The number of aryl methyl sites for hydroxylation is 3. The first-order valence-electron chi connectivity index (χ1n) is 35.6. The Bertz CT molecular complexity index is 4320. The van der Waals surface area contributed by atoms with Gasteiger partial charge in [0.2, 0.25) is 11.6 Å². The van der Waals surface area contributed by atoms with Crippen molar-refractivity contribution < 1.29 is 75.6 Å². The van der Waals surface area contributed by atoms with Gasteiger partial charge in [0.15, 0.2) is 11.6 Å². The molecule has 24 nitrogen and oxygen atoms in total. The number of carbonyl (C=O) groups excluding carboxylic acids is 4. The number of unbranched alkanes of at least 4 members (excludes halogenated alkanes) is 4. The minimum atomic E-state index is -0.376. The Kier molecular flexibility index (Phi) is 48.8. The van der Waals surface area contributed by atoms with Gasteiger partial charge in [-0.3, -0.25) is 28.5 Å². The van der Waals surface area contributed by atoms with Gasteiger partial charge in [0.25, 0.3) is 0 Å². The number of rotatable bonds is 39. The van der Waals surface area contributed by atoms with E-state index in [1.165, 1.54) is 12.5 Å². The van der Waals surface area contributed by atoms with Gasteiger partial charge in [-0.1, -0.05) is 125 Å². The van der Waals surface area contributed by atoms with Gasteiger partial charge >= 0.3 is 0 Å². The zero-order valence-corrected chi connectivity index (χ0v) is 69.8. The predicted octanol–water partition coefficient (Wildman–Crippen LogP) is 20.0. The SMILES string of the molecule is C#CC(=O)c1cccc(OCc2ccc(COc3cccc(C(=O)C#C)c3)cc2)c1.CCc1ccc(COc2cccc(C(C)=O)c2)cc1.COc1cccc(C(C)=O)c1.IPI.[N-]=[N+]=NCCCCOc1ccc(OCCCCN=[N+]=[N-])cc1.[V].c1cn(CCCCOc2ccc(OCCCCn3ccnn3)cc2)nn1. The van der Waals surface area contributed by atoms with Crippen molar-refractivity contribution in [2.45, 2.75) is 111 Å². The van der Waals surface area contributed by atoms with Crippen LogP contribution in [0.15, 0.2) is 229 Å². The zero-order chi connectivity index (χ0) is 79.7. The van der Waals surface area contributed by atoms with Crippen molar-refractivity contribution in [2.75, 3.05) is 46.6 Å². The average molecular weight is 1800 g/mol. The largest absolute Gasteiger partial charge is 0.497 e. The normalized spacial score (nSPS) is 9.79. The first-order chi connectivity index (χ1) is 54.2. The maximum absolute atomic E-state index is 11.6. The van der Waals surface area contributed by atoms with E-state index in [0.29, 0.717) is 93.1 Å². The number of nitrogens with zero attached hydrogens (tertiary/aromatic N) is 12. The van der Waals surface area contributed by atoms with Crippen molar-refractivity contribution >= 4 is 71.1 Å². The summed E-state index contributed by atoms with van der Waals surface area (Å²) in [7, 11) is 1.58. The molecule has 10 rings (SSSR count).